The summed E-state index contributed by atoms with van der Waals surface area (Å²) in [7, 11) is 0. The molecule has 0 unspecified atom stereocenters. The summed E-state index contributed by atoms with van der Waals surface area (Å²) in [5.41, 5.74) is 1.05. The van der Waals surface area contributed by atoms with E-state index in [1.807, 2.05) is 42.5 Å². The van der Waals surface area contributed by atoms with Crippen LogP contribution in [0.3, 0.4) is 0 Å². The fourth-order valence-electron chi connectivity index (χ4n) is 2.62. The summed E-state index contributed by atoms with van der Waals surface area (Å²) in [6, 6.07) is 13.1. The standard InChI is InChI=1S/C16H13N5O2/c1-11-19-14(7-17)15(8-18)20(11)9-13-10-21(16(22)23-13)12-5-3-2-4-6-12/h2-6,13H,9-10H2,1H3/t13-/m1/s1. The van der Waals surface area contributed by atoms with Crippen molar-refractivity contribution in [3.63, 3.8) is 0 Å². The minimum atomic E-state index is -0.419. The Morgan fingerprint density at radius 3 is 2.70 bits per heavy atom. The predicted molar refractivity (Wildman–Crippen MR) is 80.5 cm³/mol. The molecule has 0 bridgehead atoms. The van der Waals surface area contributed by atoms with Gasteiger partial charge in [-0.15, -0.1) is 0 Å². The van der Waals surface area contributed by atoms with Gasteiger partial charge in [0.25, 0.3) is 0 Å². The van der Waals surface area contributed by atoms with Gasteiger partial charge in [-0.05, 0) is 19.1 Å². The average molecular weight is 307 g/mol. The van der Waals surface area contributed by atoms with Gasteiger partial charge in [0.15, 0.2) is 11.4 Å². The second kappa shape index (κ2) is 5.82. The van der Waals surface area contributed by atoms with Crippen molar-refractivity contribution in [3.05, 3.63) is 47.5 Å². The number of para-hydroxylation sites is 1. The van der Waals surface area contributed by atoms with Crippen molar-refractivity contribution < 1.29 is 9.53 Å². The van der Waals surface area contributed by atoms with Gasteiger partial charge in [0.1, 0.15) is 24.1 Å². The summed E-state index contributed by atoms with van der Waals surface area (Å²) in [5, 5.41) is 18.2. The molecule has 1 amide bonds. The summed E-state index contributed by atoms with van der Waals surface area (Å²) in [6.45, 7) is 2.39. The van der Waals surface area contributed by atoms with Crippen LogP contribution in [0.1, 0.15) is 17.2 Å². The smallest absolute Gasteiger partial charge is 0.414 e. The molecular weight excluding hydrogens is 294 g/mol. The Morgan fingerprint density at radius 2 is 2.04 bits per heavy atom. The van der Waals surface area contributed by atoms with E-state index in [1.165, 1.54) is 0 Å². The fourth-order valence-corrected chi connectivity index (χ4v) is 2.62. The second-order valence-corrected chi connectivity index (χ2v) is 5.14. The third-order valence-corrected chi connectivity index (χ3v) is 3.70. The predicted octanol–water partition coefficient (Wildman–Crippen LogP) is 1.96. The van der Waals surface area contributed by atoms with Gasteiger partial charge in [-0.25, -0.2) is 9.78 Å². The molecule has 0 aliphatic carbocycles. The van der Waals surface area contributed by atoms with Gasteiger partial charge in [-0.1, -0.05) is 18.2 Å². The molecule has 7 heteroatoms. The largest absolute Gasteiger partial charge is 0.442 e. The normalized spacial score (nSPS) is 16.7. The van der Waals surface area contributed by atoms with E-state index in [2.05, 4.69) is 4.98 Å². The van der Waals surface area contributed by atoms with Gasteiger partial charge in [0.05, 0.1) is 13.1 Å². The molecule has 1 aromatic carbocycles. The van der Waals surface area contributed by atoms with E-state index in [0.29, 0.717) is 18.9 Å². The van der Waals surface area contributed by atoms with Crippen LogP contribution in [0.2, 0.25) is 0 Å². The lowest BCUT2D eigenvalue weighted by Gasteiger charge is -2.13. The molecular formula is C16H13N5O2. The van der Waals surface area contributed by atoms with Gasteiger partial charge in [-0.3, -0.25) is 4.90 Å². The van der Waals surface area contributed by atoms with Crippen LogP contribution in [-0.2, 0) is 11.3 Å². The molecule has 2 aromatic rings. The Balaban J connectivity index is 1.81. The highest BCUT2D eigenvalue weighted by molar-refractivity contribution is 5.89. The molecule has 7 nitrogen and oxygen atoms in total. The maximum absolute atomic E-state index is 12.0. The summed E-state index contributed by atoms with van der Waals surface area (Å²) >= 11 is 0. The summed E-state index contributed by atoms with van der Waals surface area (Å²) in [4.78, 5) is 17.7. The number of anilines is 1. The number of benzene rings is 1. The van der Waals surface area contributed by atoms with E-state index in [-0.39, 0.29) is 11.4 Å². The van der Waals surface area contributed by atoms with Gasteiger partial charge < -0.3 is 9.30 Å². The Kier molecular flexibility index (Phi) is 3.70. The summed E-state index contributed by atoms with van der Waals surface area (Å²) < 4.78 is 6.99. The van der Waals surface area contributed by atoms with Crippen molar-refractivity contribution in [2.45, 2.75) is 19.6 Å². The first-order valence-electron chi connectivity index (χ1n) is 7.04. The van der Waals surface area contributed by atoms with Crippen LogP contribution in [0.4, 0.5) is 10.5 Å². The number of carbonyl (C=O) groups is 1. The van der Waals surface area contributed by atoms with Crippen molar-refractivity contribution in [1.29, 1.82) is 10.5 Å². The molecule has 2 heterocycles. The Morgan fingerprint density at radius 1 is 1.30 bits per heavy atom. The lowest BCUT2D eigenvalue weighted by atomic mass is 10.2. The third-order valence-electron chi connectivity index (χ3n) is 3.70. The Labute approximate surface area is 132 Å². The summed E-state index contributed by atoms with van der Waals surface area (Å²) in [5.74, 6) is 0.548. The number of nitriles is 2. The van der Waals surface area contributed by atoms with Crippen LogP contribution < -0.4 is 4.90 Å². The van der Waals surface area contributed by atoms with Crippen LogP contribution >= 0.6 is 0 Å². The van der Waals surface area contributed by atoms with E-state index in [1.54, 1.807) is 16.4 Å². The van der Waals surface area contributed by atoms with Gasteiger partial charge in [-0.2, -0.15) is 10.5 Å². The number of aryl methyl sites for hydroxylation is 1. The average Bonchev–Trinajstić information content (AvgIpc) is 3.08. The first-order valence-corrected chi connectivity index (χ1v) is 7.04. The first kappa shape index (κ1) is 14.6. The lowest BCUT2D eigenvalue weighted by Crippen LogP contribution is -2.26. The van der Waals surface area contributed by atoms with Crippen molar-refractivity contribution in [1.82, 2.24) is 9.55 Å². The number of carbonyl (C=O) groups excluding carboxylic acids is 1. The Hall–Kier alpha value is -3.32. The van der Waals surface area contributed by atoms with Crippen molar-refractivity contribution in [2.75, 3.05) is 11.4 Å². The topological polar surface area (TPSA) is 94.9 Å². The molecule has 3 rings (SSSR count). The maximum atomic E-state index is 12.0. The van der Waals surface area contributed by atoms with Crippen molar-refractivity contribution in [3.8, 4) is 12.1 Å². The number of nitrogens with zero attached hydrogens (tertiary/aromatic N) is 5. The first-order chi connectivity index (χ1) is 11.1. The molecule has 23 heavy (non-hydrogen) atoms. The van der Waals surface area contributed by atoms with Gasteiger partial charge in [0.2, 0.25) is 0 Å². The molecule has 1 fully saturated rings. The lowest BCUT2D eigenvalue weighted by molar-refractivity contribution is 0.131. The monoisotopic (exact) mass is 307 g/mol. The van der Waals surface area contributed by atoms with Crippen LogP contribution in [0, 0.1) is 29.6 Å². The van der Waals surface area contributed by atoms with E-state index < -0.39 is 12.2 Å². The number of ether oxygens (including phenoxy) is 1. The number of amides is 1. The summed E-state index contributed by atoms with van der Waals surface area (Å²) in [6.07, 6.45) is -0.827. The molecule has 0 saturated carbocycles. The molecule has 1 saturated heterocycles. The quantitative estimate of drug-likeness (QED) is 0.863. The number of imidazole rings is 1. The van der Waals surface area contributed by atoms with E-state index in [4.69, 9.17) is 10.00 Å². The van der Waals surface area contributed by atoms with Crippen molar-refractivity contribution >= 4 is 11.8 Å². The molecule has 1 aliphatic rings. The zero-order valence-electron chi connectivity index (χ0n) is 12.4. The number of hydrogen-bond donors (Lipinski definition) is 0. The third kappa shape index (κ3) is 2.60. The number of rotatable bonds is 3. The number of hydrogen-bond acceptors (Lipinski definition) is 5. The van der Waals surface area contributed by atoms with Crippen LogP contribution in [0.5, 0.6) is 0 Å². The molecule has 1 aliphatic heterocycles. The zero-order valence-corrected chi connectivity index (χ0v) is 12.4. The molecule has 1 atom stereocenters. The van der Waals surface area contributed by atoms with Crippen LogP contribution in [0.25, 0.3) is 0 Å². The highest BCUT2D eigenvalue weighted by atomic mass is 16.6. The molecule has 0 N–H and O–H groups in total. The number of cyclic esters (lactones) is 1. The highest BCUT2D eigenvalue weighted by Gasteiger charge is 2.33. The minimum absolute atomic E-state index is 0.0919. The van der Waals surface area contributed by atoms with Crippen LogP contribution in [0.15, 0.2) is 30.3 Å². The minimum Gasteiger partial charge on any atom is -0.442 e. The van der Waals surface area contributed by atoms with E-state index in [0.717, 1.165) is 5.69 Å². The SMILES string of the molecule is Cc1nc(C#N)c(C#N)n1C[C@@H]1CN(c2ccccc2)C(=O)O1. The second-order valence-electron chi connectivity index (χ2n) is 5.14. The molecule has 114 valence electrons. The van der Waals surface area contributed by atoms with E-state index in [9.17, 15) is 10.1 Å². The Bertz CT molecular complexity index is 829. The van der Waals surface area contributed by atoms with Gasteiger partial charge >= 0.3 is 6.09 Å². The maximum Gasteiger partial charge on any atom is 0.414 e. The van der Waals surface area contributed by atoms with E-state index >= 15 is 0 Å². The number of aromatic nitrogens is 2. The zero-order chi connectivity index (χ0) is 16.4. The fraction of sp³-hybridized carbons (Fsp3) is 0.250. The highest BCUT2D eigenvalue weighted by Crippen LogP contribution is 2.23. The van der Waals surface area contributed by atoms with Gasteiger partial charge in [0, 0.05) is 5.69 Å². The van der Waals surface area contributed by atoms with Crippen molar-refractivity contribution in [2.24, 2.45) is 0 Å². The molecule has 0 radical (unpaired) electrons. The molecule has 0 spiro atoms. The molecule has 1 aromatic heterocycles. The van der Waals surface area contributed by atoms with Crippen LogP contribution in [-0.4, -0.2) is 28.3 Å².